The second kappa shape index (κ2) is 6.39. The van der Waals surface area contributed by atoms with Gasteiger partial charge in [-0.15, -0.1) is 0 Å². The Morgan fingerprint density at radius 2 is 1.95 bits per heavy atom. The van der Waals surface area contributed by atoms with Crippen LogP contribution in [0, 0.1) is 0 Å². The van der Waals surface area contributed by atoms with Gasteiger partial charge >= 0.3 is 0 Å². The SMILES string of the molecule is CC(Cc1ccc(Br)cc1)NC(=O)c1cc(Br)c[nH]1. The molecule has 0 saturated heterocycles. The number of aromatic amines is 1. The van der Waals surface area contributed by atoms with E-state index in [1.165, 1.54) is 5.56 Å². The molecule has 1 amide bonds. The molecule has 2 aromatic rings. The maximum Gasteiger partial charge on any atom is 0.267 e. The van der Waals surface area contributed by atoms with E-state index in [9.17, 15) is 4.79 Å². The van der Waals surface area contributed by atoms with Crippen molar-refractivity contribution in [1.82, 2.24) is 10.3 Å². The number of halogens is 2. The number of carbonyl (C=O) groups is 1. The number of hydrogen-bond acceptors (Lipinski definition) is 1. The van der Waals surface area contributed by atoms with E-state index in [0.29, 0.717) is 5.69 Å². The highest BCUT2D eigenvalue weighted by Crippen LogP contribution is 2.13. The van der Waals surface area contributed by atoms with Crippen LogP contribution in [0.2, 0.25) is 0 Å². The summed E-state index contributed by atoms with van der Waals surface area (Å²) in [5.74, 6) is -0.0877. The third kappa shape index (κ3) is 4.21. The fraction of sp³-hybridized carbons (Fsp3) is 0.214. The summed E-state index contributed by atoms with van der Waals surface area (Å²) < 4.78 is 1.93. The van der Waals surface area contributed by atoms with Gasteiger partial charge in [0.1, 0.15) is 5.69 Å². The van der Waals surface area contributed by atoms with Crippen molar-refractivity contribution in [1.29, 1.82) is 0 Å². The lowest BCUT2D eigenvalue weighted by atomic mass is 10.1. The molecule has 1 aromatic heterocycles. The number of benzene rings is 1. The van der Waals surface area contributed by atoms with E-state index in [0.717, 1.165) is 15.4 Å². The van der Waals surface area contributed by atoms with Crippen LogP contribution in [0.1, 0.15) is 23.0 Å². The molecule has 1 atom stereocenters. The Kier molecular flexibility index (Phi) is 4.82. The Morgan fingerprint density at radius 1 is 1.26 bits per heavy atom. The molecule has 19 heavy (non-hydrogen) atoms. The van der Waals surface area contributed by atoms with Gasteiger partial charge in [-0.25, -0.2) is 0 Å². The normalized spacial score (nSPS) is 12.2. The van der Waals surface area contributed by atoms with Crippen LogP contribution in [0.5, 0.6) is 0 Å². The van der Waals surface area contributed by atoms with Crippen molar-refractivity contribution in [2.45, 2.75) is 19.4 Å². The standard InChI is InChI=1S/C14H14Br2N2O/c1-9(6-10-2-4-11(15)5-3-10)18-14(19)13-7-12(16)8-17-13/h2-5,7-9,17H,6H2,1H3,(H,18,19). The summed E-state index contributed by atoms with van der Waals surface area (Å²) in [6.45, 7) is 2.00. The van der Waals surface area contributed by atoms with Crippen LogP contribution in [-0.4, -0.2) is 16.9 Å². The number of hydrogen-bond donors (Lipinski definition) is 2. The van der Waals surface area contributed by atoms with Crippen LogP contribution < -0.4 is 5.32 Å². The van der Waals surface area contributed by atoms with Gasteiger partial charge in [-0.1, -0.05) is 28.1 Å². The minimum atomic E-state index is -0.0877. The molecule has 0 fully saturated rings. The van der Waals surface area contributed by atoms with E-state index in [1.54, 1.807) is 12.3 Å². The molecule has 2 rings (SSSR count). The highest BCUT2D eigenvalue weighted by molar-refractivity contribution is 9.10. The zero-order valence-electron chi connectivity index (χ0n) is 10.4. The van der Waals surface area contributed by atoms with Crippen LogP contribution in [0.25, 0.3) is 0 Å². The third-order valence-corrected chi connectivity index (χ3v) is 3.71. The monoisotopic (exact) mass is 384 g/mol. The molecule has 0 radical (unpaired) electrons. The van der Waals surface area contributed by atoms with E-state index >= 15 is 0 Å². The Hall–Kier alpha value is -1.07. The van der Waals surface area contributed by atoms with Gasteiger partial charge in [0.15, 0.2) is 0 Å². The van der Waals surface area contributed by atoms with E-state index in [4.69, 9.17) is 0 Å². The minimum absolute atomic E-state index is 0.0794. The van der Waals surface area contributed by atoms with E-state index in [-0.39, 0.29) is 11.9 Å². The molecule has 100 valence electrons. The number of H-pyrrole nitrogens is 1. The first-order valence-electron chi connectivity index (χ1n) is 5.94. The van der Waals surface area contributed by atoms with Gasteiger partial charge in [0.25, 0.3) is 5.91 Å². The summed E-state index contributed by atoms with van der Waals surface area (Å²) >= 11 is 6.72. The first-order valence-corrected chi connectivity index (χ1v) is 7.52. The van der Waals surface area contributed by atoms with Crippen LogP contribution >= 0.6 is 31.9 Å². The minimum Gasteiger partial charge on any atom is -0.356 e. The van der Waals surface area contributed by atoms with Gasteiger partial charge in [-0.05, 0) is 53.0 Å². The largest absolute Gasteiger partial charge is 0.356 e. The highest BCUT2D eigenvalue weighted by atomic mass is 79.9. The molecule has 1 heterocycles. The molecular weight excluding hydrogens is 372 g/mol. The quantitative estimate of drug-likeness (QED) is 0.823. The molecule has 0 aliphatic rings. The second-order valence-electron chi connectivity index (χ2n) is 4.44. The van der Waals surface area contributed by atoms with Crippen molar-refractivity contribution >= 4 is 37.8 Å². The maximum atomic E-state index is 11.9. The first kappa shape index (κ1) is 14.3. The van der Waals surface area contributed by atoms with Crippen LogP contribution in [0.3, 0.4) is 0 Å². The first-order chi connectivity index (χ1) is 9.04. The smallest absolute Gasteiger partial charge is 0.267 e. The van der Waals surface area contributed by atoms with E-state index in [2.05, 4.69) is 54.3 Å². The Morgan fingerprint density at radius 3 is 2.53 bits per heavy atom. The molecule has 0 spiro atoms. The lowest BCUT2D eigenvalue weighted by molar-refractivity contribution is 0.0935. The Bertz CT molecular complexity index is 563. The highest BCUT2D eigenvalue weighted by Gasteiger charge is 2.11. The predicted octanol–water partition coefficient (Wildman–Crippen LogP) is 3.90. The number of rotatable bonds is 4. The Balaban J connectivity index is 1.92. The molecule has 0 aliphatic carbocycles. The lowest BCUT2D eigenvalue weighted by Gasteiger charge is -2.13. The predicted molar refractivity (Wildman–Crippen MR) is 83.3 cm³/mol. The number of carbonyl (C=O) groups excluding carboxylic acids is 1. The summed E-state index contributed by atoms with van der Waals surface area (Å²) in [5, 5.41) is 2.97. The maximum absolute atomic E-state index is 11.9. The second-order valence-corrected chi connectivity index (χ2v) is 6.27. The summed E-state index contributed by atoms with van der Waals surface area (Å²) in [6.07, 6.45) is 2.55. The lowest BCUT2D eigenvalue weighted by Crippen LogP contribution is -2.34. The summed E-state index contributed by atoms with van der Waals surface area (Å²) in [7, 11) is 0. The molecule has 1 unspecified atom stereocenters. The average molecular weight is 386 g/mol. The van der Waals surface area contributed by atoms with Crippen LogP contribution in [0.4, 0.5) is 0 Å². The van der Waals surface area contributed by atoms with Crippen molar-refractivity contribution in [3.8, 4) is 0 Å². The molecule has 0 saturated carbocycles. The van der Waals surface area contributed by atoms with Crippen LogP contribution in [0.15, 0.2) is 45.5 Å². The van der Waals surface area contributed by atoms with Gasteiger partial charge in [0.2, 0.25) is 0 Å². The number of amides is 1. The van der Waals surface area contributed by atoms with Crippen molar-refractivity contribution < 1.29 is 4.79 Å². The fourth-order valence-corrected chi connectivity index (χ4v) is 2.43. The van der Waals surface area contributed by atoms with Gasteiger partial charge in [0, 0.05) is 21.2 Å². The van der Waals surface area contributed by atoms with Crippen molar-refractivity contribution in [3.63, 3.8) is 0 Å². The molecule has 2 N–H and O–H groups in total. The van der Waals surface area contributed by atoms with E-state index < -0.39 is 0 Å². The van der Waals surface area contributed by atoms with Gasteiger partial charge in [0.05, 0.1) is 0 Å². The number of aromatic nitrogens is 1. The summed E-state index contributed by atoms with van der Waals surface area (Å²) in [6, 6.07) is 9.96. The van der Waals surface area contributed by atoms with Crippen molar-refractivity contribution in [2.75, 3.05) is 0 Å². The average Bonchev–Trinajstić information content (AvgIpc) is 2.79. The number of nitrogens with one attached hydrogen (secondary N) is 2. The topological polar surface area (TPSA) is 44.9 Å². The third-order valence-electron chi connectivity index (χ3n) is 2.73. The molecule has 0 aliphatic heterocycles. The van der Waals surface area contributed by atoms with Gasteiger partial charge in [-0.3, -0.25) is 4.79 Å². The van der Waals surface area contributed by atoms with Gasteiger partial charge < -0.3 is 10.3 Å². The van der Waals surface area contributed by atoms with Gasteiger partial charge in [-0.2, -0.15) is 0 Å². The molecule has 0 bridgehead atoms. The molecular formula is C14H14Br2N2O. The fourth-order valence-electron chi connectivity index (χ4n) is 1.83. The molecule has 3 nitrogen and oxygen atoms in total. The zero-order valence-corrected chi connectivity index (χ0v) is 13.6. The van der Waals surface area contributed by atoms with Crippen molar-refractivity contribution in [3.05, 3.63) is 56.7 Å². The van der Waals surface area contributed by atoms with Crippen LogP contribution in [-0.2, 0) is 6.42 Å². The summed E-state index contributed by atoms with van der Waals surface area (Å²) in [5.41, 5.74) is 1.76. The van der Waals surface area contributed by atoms with E-state index in [1.807, 2.05) is 19.1 Å². The Labute approximate surface area is 129 Å². The summed E-state index contributed by atoms with van der Waals surface area (Å²) in [4.78, 5) is 14.9. The van der Waals surface area contributed by atoms with Crippen molar-refractivity contribution in [2.24, 2.45) is 0 Å². The molecule has 5 heteroatoms. The zero-order chi connectivity index (χ0) is 13.8. The molecule has 1 aromatic carbocycles.